The molecule has 4 heterocycles. The lowest BCUT2D eigenvalue weighted by Crippen LogP contribution is -2.41. The van der Waals surface area contributed by atoms with Crippen molar-refractivity contribution < 1.29 is 4.79 Å². The molecule has 1 saturated heterocycles. The van der Waals surface area contributed by atoms with Gasteiger partial charge in [0.25, 0.3) is 0 Å². The molecule has 0 spiro atoms. The van der Waals surface area contributed by atoms with Gasteiger partial charge in [0, 0.05) is 36.7 Å². The van der Waals surface area contributed by atoms with E-state index in [0.717, 1.165) is 42.2 Å². The van der Waals surface area contributed by atoms with Gasteiger partial charge < -0.3 is 10.2 Å². The molecule has 4 rings (SSSR count). The largest absolute Gasteiger partial charge is 0.355 e. The number of carbonyl (C=O) groups is 1. The predicted octanol–water partition coefficient (Wildman–Crippen LogP) is 4.06. The number of piperidine rings is 1. The summed E-state index contributed by atoms with van der Waals surface area (Å²) in [6.45, 7) is 5.45. The van der Waals surface area contributed by atoms with E-state index in [-0.39, 0.29) is 11.8 Å². The Kier molecular flexibility index (Phi) is 5.90. The Morgan fingerprint density at radius 1 is 1.17 bits per heavy atom. The van der Waals surface area contributed by atoms with Gasteiger partial charge in [-0.15, -0.1) is 0 Å². The van der Waals surface area contributed by atoms with E-state index in [9.17, 15) is 4.79 Å². The minimum Gasteiger partial charge on any atom is -0.355 e. The molecule has 1 amide bonds. The lowest BCUT2D eigenvalue weighted by atomic mass is 9.96. The van der Waals surface area contributed by atoms with Crippen LogP contribution in [0.5, 0.6) is 0 Å². The van der Waals surface area contributed by atoms with Crippen LogP contribution in [0.3, 0.4) is 0 Å². The molecular weight excluding hydrogens is 400 g/mol. The van der Waals surface area contributed by atoms with E-state index in [4.69, 9.17) is 16.6 Å². The number of nitrogens with one attached hydrogen (secondary N) is 1. The number of aryl methyl sites for hydroxylation is 1. The van der Waals surface area contributed by atoms with Crippen molar-refractivity contribution in [3.05, 3.63) is 59.0 Å². The molecule has 8 heteroatoms. The van der Waals surface area contributed by atoms with Gasteiger partial charge in [-0.2, -0.15) is 0 Å². The predicted molar refractivity (Wildman–Crippen MR) is 118 cm³/mol. The molecule has 1 aliphatic rings. The van der Waals surface area contributed by atoms with Crippen LogP contribution < -0.4 is 10.2 Å². The Morgan fingerprint density at radius 2 is 2.03 bits per heavy atom. The maximum absolute atomic E-state index is 12.8. The van der Waals surface area contributed by atoms with Gasteiger partial charge in [-0.3, -0.25) is 9.78 Å². The molecule has 0 aromatic carbocycles. The maximum atomic E-state index is 12.8. The van der Waals surface area contributed by atoms with E-state index in [1.165, 1.54) is 6.20 Å². The molecule has 30 heavy (non-hydrogen) atoms. The van der Waals surface area contributed by atoms with E-state index in [2.05, 4.69) is 25.2 Å². The zero-order chi connectivity index (χ0) is 21.1. The van der Waals surface area contributed by atoms with E-state index >= 15 is 0 Å². The van der Waals surface area contributed by atoms with Crippen LogP contribution in [0.15, 0.2) is 42.7 Å². The van der Waals surface area contributed by atoms with Gasteiger partial charge in [-0.05, 0) is 51.0 Å². The van der Waals surface area contributed by atoms with Crippen molar-refractivity contribution in [2.24, 2.45) is 5.92 Å². The first-order chi connectivity index (χ1) is 14.5. The zero-order valence-electron chi connectivity index (χ0n) is 17.0. The fourth-order valence-electron chi connectivity index (χ4n) is 3.59. The van der Waals surface area contributed by atoms with Gasteiger partial charge in [0.2, 0.25) is 5.91 Å². The minimum absolute atomic E-state index is 0.0390. The third-order valence-corrected chi connectivity index (χ3v) is 5.55. The van der Waals surface area contributed by atoms with Crippen molar-refractivity contribution in [1.82, 2.24) is 19.9 Å². The number of pyridine rings is 2. The Hall–Kier alpha value is -3.06. The zero-order valence-corrected chi connectivity index (χ0v) is 17.7. The highest BCUT2D eigenvalue weighted by Gasteiger charge is 2.28. The van der Waals surface area contributed by atoms with Crippen LogP contribution in [-0.2, 0) is 4.79 Å². The molecule has 0 saturated carbocycles. The highest BCUT2D eigenvalue weighted by Crippen LogP contribution is 2.28. The van der Waals surface area contributed by atoms with Crippen molar-refractivity contribution in [1.29, 1.82) is 0 Å². The first kappa shape index (κ1) is 20.2. The van der Waals surface area contributed by atoms with E-state index in [0.29, 0.717) is 23.2 Å². The average molecular weight is 423 g/mol. The lowest BCUT2D eigenvalue weighted by molar-refractivity contribution is -0.120. The number of amides is 1. The number of rotatable bonds is 4. The van der Waals surface area contributed by atoms with Gasteiger partial charge >= 0.3 is 0 Å². The Morgan fingerprint density at radius 3 is 2.77 bits per heavy atom. The molecule has 1 atom stereocenters. The van der Waals surface area contributed by atoms with Crippen molar-refractivity contribution in [3.8, 4) is 11.5 Å². The van der Waals surface area contributed by atoms with E-state index < -0.39 is 0 Å². The summed E-state index contributed by atoms with van der Waals surface area (Å²) < 4.78 is 0. The Labute approximate surface area is 180 Å². The van der Waals surface area contributed by atoms with Gasteiger partial charge in [-0.1, -0.05) is 17.7 Å². The summed E-state index contributed by atoms with van der Waals surface area (Å²) in [4.78, 5) is 33.0. The van der Waals surface area contributed by atoms with Gasteiger partial charge in [-0.25, -0.2) is 15.0 Å². The van der Waals surface area contributed by atoms with Crippen LogP contribution in [0.25, 0.3) is 11.5 Å². The van der Waals surface area contributed by atoms with Crippen LogP contribution in [0.1, 0.15) is 24.1 Å². The van der Waals surface area contributed by atoms with Crippen LogP contribution in [0.2, 0.25) is 5.02 Å². The minimum atomic E-state index is -0.149. The lowest BCUT2D eigenvalue weighted by Gasteiger charge is -2.34. The second kappa shape index (κ2) is 8.75. The fraction of sp³-hybridized carbons (Fsp3) is 0.318. The molecule has 0 bridgehead atoms. The molecule has 1 aliphatic heterocycles. The number of halogens is 1. The van der Waals surface area contributed by atoms with Gasteiger partial charge in [0.1, 0.15) is 17.3 Å². The van der Waals surface area contributed by atoms with Crippen LogP contribution >= 0.6 is 11.6 Å². The van der Waals surface area contributed by atoms with Crippen molar-refractivity contribution in [2.45, 2.75) is 26.7 Å². The molecule has 0 radical (unpaired) electrons. The van der Waals surface area contributed by atoms with Crippen molar-refractivity contribution in [3.63, 3.8) is 0 Å². The van der Waals surface area contributed by atoms with Gasteiger partial charge in [0.15, 0.2) is 5.82 Å². The summed E-state index contributed by atoms with van der Waals surface area (Å²) in [6.07, 6.45) is 5.00. The molecule has 0 aliphatic carbocycles. The van der Waals surface area contributed by atoms with Gasteiger partial charge in [0.05, 0.1) is 10.9 Å². The average Bonchev–Trinajstić information content (AvgIpc) is 2.78. The van der Waals surface area contributed by atoms with Crippen LogP contribution in [-0.4, -0.2) is 38.9 Å². The highest BCUT2D eigenvalue weighted by atomic mass is 35.5. The topological polar surface area (TPSA) is 83.9 Å². The quantitative estimate of drug-likeness (QED) is 0.682. The first-order valence-electron chi connectivity index (χ1n) is 9.95. The number of nitrogens with zero attached hydrogens (tertiary/aromatic N) is 5. The molecule has 1 N–H and O–H groups in total. The summed E-state index contributed by atoms with van der Waals surface area (Å²) >= 11 is 5.87. The second-order valence-electron chi connectivity index (χ2n) is 7.43. The summed E-state index contributed by atoms with van der Waals surface area (Å²) in [5.41, 5.74) is 2.68. The molecular formula is C22H23ClN6O. The van der Waals surface area contributed by atoms with Crippen molar-refractivity contribution in [2.75, 3.05) is 23.3 Å². The fourth-order valence-corrected chi connectivity index (χ4v) is 3.70. The number of anilines is 2. The number of aromatic nitrogens is 4. The molecule has 154 valence electrons. The van der Waals surface area contributed by atoms with E-state index in [1.807, 2.05) is 32.0 Å². The summed E-state index contributed by atoms with van der Waals surface area (Å²) in [7, 11) is 0. The molecule has 1 fully saturated rings. The van der Waals surface area contributed by atoms with E-state index in [1.54, 1.807) is 18.3 Å². The summed E-state index contributed by atoms with van der Waals surface area (Å²) in [6, 6.07) is 9.11. The third kappa shape index (κ3) is 4.41. The van der Waals surface area contributed by atoms with Crippen LogP contribution in [0, 0.1) is 19.8 Å². The number of hydrogen-bond acceptors (Lipinski definition) is 6. The molecule has 7 nitrogen and oxygen atoms in total. The summed E-state index contributed by atoms with van der Waals surface area (Å²) in [5, 5.41) is 3.43. The number of hydrogen-bond donors (Lipinski definition) is 1. The Balaban J connectivity index is 1.55. The first-order valence-corrected chi connectivity index (χ1v) is 10.3. The SMILES string of the molecule is Cc1nc(-c2ccccn2)nc(N2CCCC(C(=O)Nc3ccc(Cl)cn3)C2)c1C. The Bertz CT molecular complexity index is 1040. The van der Waals surface area contributed by atoms with Crippen LogP contribution in [0.4, 0.5) is 11.6 Å². The monoisotopic (exact) mass is 422 g/mol. The maximum Gasteiger partial charge on any atom is 0.230 e. The van der Waals surface area contributed by atoms with Crippen molar-refractivity contribution >= 4 is 29.1 Å². The highest BCUT2D eigenvalue weighted by molar-refractivity contribution is 6.30. The standard InChI is InChI=1S/C22H23ClN6O/c1-14-15(2)26-20(18-7-3-4-10-24-18)28-21(14)29-11-5-6-16(13-29)22(30)27-19-9-8-17(23)12-25-19/h3-4,7-10,12,16H,5-6,11,13H2,1-2H3,(H,25,27,30). The second-order valence-corrected chi connectivity index (χ2v) is 7.87. The summed E-state index contributed by atoms with van der Waals surface area (Å²) in [5.74, 6) is 1.79. The number of carbonyl (C=O) groups excluding carboxylic acids is 1. The molecule has 1 unspecified atom stereocenters. The normalized spacial score (nSPS) is 16.4. The molecule has 3 aromatic heterocycles. The smallest absolute Gasteiger partial charge is 0.230 e. The molecule has 3 aromatic rings. The third-order valence-electron chi connectivity index (χ3n) is 5.33.